The van der Waals surface area contributed by atoms with E-state index in [4.69, 9.17) is 5.11 Å². The van der Waals surface area contributed by atoms with Crippen LogP contribution in [-0.2, 0) is 14.8 Å². The van der Waals surface area contributed by atoms with Gasteiger partial charge in [-0.2, -0.15) is 4.72 Å². The molecule has 1 rings (SSSR count). The lowest BCUT2D eigenvalue weighted by atomic mass is 10.1. The summed E-state index contributed by atoms with van der Waals surface area (Å²) in [4.78, 5) is 11.2. The number of benzene rings is 1. The molecule has 106 valence electrons. The molecule has 5 nitrogen and oxygen atoms in total. The molecule has 2 N–H and O–H groups in total. The van der Waals surface area contributed by atoms with Crippen molar-refractivity contribution in [1.29, 1.82) is 0 Å². The number of rotatable bonds is 7. The predicted molar refractivity (Wildman–Crippen MR) is 73.2 cm³/mol. The van der Waals surface area contributed by atoms with Crippen LogP contribution in [0.4, 0.5) is 0 Å². The van der Waals surface area contributed by atoms with Crippen LogP contribution in [0.5, 0.6) is 0 Å². The van der Waals surface area contributed by atoms with Crippen LogP contribution >= 0.6 is 0 Å². The van der Waals surface area contributed by atoms with Crippen LogP contribution in [0.15, 0.2) is 30.3 Å². The Morgan fingerprint density at radius 3 is 2.32 bits per heavy atom. The van der Waals surface area contributed by atoms with Gasteiger partial charge in [-0.25, -0.2) is 8.42 Å². The second kappa shape index (κ2) is 6.68. The zero-order chi connectivity index (χ0) is 14.5. The van der Waals surface area contributed by atoms with Crippen molar-refractivity contribution < 1.29 is 18.3 Å². The van der Waals surface area contributed by atoms with Gasteiger partial charge in [0.05, 0.1) is 5.75 Å². The summed E-state index contributed by atoms with van der Waals surface area (Å²) in [5.41, 5.74) is 0.420. The highest BCUT2D eigenvalue weighted by atomic mass is 32.2. The van der Waals surface area contributed by atoms with E-state index < -0.39 is 22.0 Å². The smallest absolute Gasteiger partial charge is 0.326 e. The van der Waals surface area contributed by atoms with E-state index in [1.807, 2.05) is 13.8 Å². The van der Waals surface area contributed by atoms with Crippen LogP contribution in [0, 0.1) is 5.92 Å². The standard InChI is InChI=1S/C13H19NO4S/c1-10(2)8-9-19(17,18)14-12(13(15)16)11-6-4-3-5-7-11/h3-7,10,12,14H,8-9H2,1-2H3,(H,15,16)/t12-/m1/s1. The van der Waals surface area contributed by atoms with Crippen LogP contribution in [0.3, 0.4) is 0 Å². The first-order valence-electron chi connectivity index (χ1n) is 6.09. The van der Waals surface area contributed by atoms with Crippen molar-refractivity contribution in [2.45, 2.75) is 26.3 Å². The predicted octanol–water partition coefficient (Wildman–Crippen LogP) is 1.78. The van der Waals surface area contributed by atoms with Gasteiger partial charge in [0, 0.05) is 0 Å². The Kier molecular flexibility index (Phi) is 5.50. The van der Waals surface area contributed by atoms with Crippen molar-refractivity contribution in [1.82, 2.24) is 4.72 Å². The zero-order valence-electron chi connectivity index (χ0n) is 11.0. The highest BCUT2D eigenvalue weighted by Gasteiger charge is 2.25. The first kappa shape index (κ1) is 15.7. The van der Waals surface area contributed by atoms with E-state index in [-0.39, 0.29) is 11.7 Å². The fourth-order valence-electron chi connectivity index (χ4n) is 1.54. The van der Waals surface area contributed by atoms with Crippen LogP contribution < -0.4 is 4.72 Å². The van der Waals surface area contributed by atoms with Gasteiger partial charge in [0.25, 0.3) is 0 Å². The maximum atomic E-state index is 11.8. The maximum Gasteiger partial charge on any atom is 0.326 e. The van der Waals surface area contributed by atoms with E-state index in [2.05, 4.69) is 4.72 Å². The van der Waals surface area contributed by atoms with Crippen molar-refractivity contribution in [3.8, 4) is 0 Å². The Hall–Kier alpha value is -1.40. The van der Waals surface area contributed by atoms with Crippen molar-refractivity contribution in [2.75, 3.05) is 5.75 Å². The molecule has 0 aromatic heterocycles. The average molecular weight is 285 g/mol. The molecular weight excluding hydrogens is 266 g/mol. The Balaban J connectivity index is 2.83. The second-order valence-electron chi connectivity index (χ2n) is 4.80. The monoisotopic (exact) mass is 285 g/mol. The Bertz CT molecular complexity index is 511. The van der Waals surface area contributed by atoms with Gasteiger partial charge in [-0.05, 0) is 17.9 Å². The van der Waals surface area contributed by atoms with Crippen molar-refractivity contribution >= 4 is 16.0 Å². The fraction of sp³-hybridized carbons (Fsp3) is 0.462. The third-order valence-electron chi connectivity index (χ3n) is 2.64. The molecule has 6 heteroatoms. The van der Waals surface area contributed by atoms with Crippen molar-refractivity contribution in [2.24, 2.45) is 5.92 Å². The van der Waals surface area contributed by atoms with Gasteiger partial charge in [-0.15, -0.1) is 0 Å². The molecule has 0 aliphatic rings. The molecule has 1 atom stereocenters. The third kappa shape index (κ3) is 5.40. The lowest BCUT2D eigenvalue weighted by Gasteiger charge is -2.15. The highest BCUT2D eigenvalue weighted by Crippen LogP contribution is 2.14. The number of sulfonamides is 1. The third-order valence-corrected chi connectivity index (χ3v) is 4.01. The SMILES string of the molecule is CC(C)CCS(=O)(=O)N[C@@H](C(=O)O)c1ccccc1. The van der Waals surface area contributed by atoms with E-state index in [0.29, 0.717) is 12.0 Å². The van der Waals surface area contributed by atoms with Crippen molar-refractivity contribution in [3.05, 3.63) is 35.9 Å². The van der Waals surface area contributed by atoms with E-state index in [1.54, 1.807) is 30.3 Å². The molecule has 0 aliphatic carbocycles. The lowest BCUT2D eigenvalue weighted by molar-refractivity contribution is -0.139. The number of carbonyl (C=O) groups is 1. The van der Waals surface area contributed by atoms with Crippen LogP contribution in [-0.4, -0.2) is 25.2 Å². The molecule has 1 aromatic rings. The lowest BCUT2D eigenvalue weighted by Crippen LogP contribution is -2.35. The number of hydrogen-bond donors (Lipinski definition) is 2. The molecule has 19 heavy (non-hydrogen) atoms. The van der Waals surface area contributed by atoms with Crippen molar-refractivity contribution in [3.63, 3.8) is 0 Å². The Morgan fingerprint density at radius 1 is 1.26 bits per heavy atom. The molecule has 0 radical (unpaired) electrons. The van der Waals surface area contributed by atoms with Gasteiger partial charge in [0.1, 0.15) is 6.04 Å². The van der Waals surface area contributed by atoms with Gasteiger partial charge < -0.3 is 5.11 Å². The average Bonchev–Trinajstić information content (AvgIpc) is 2.35. The Labute approximate surface area is 113 Å². The number of nitrogens with one attached hydrogen (secondary N) is 1. The molecule has 0 bridgehead atoms. The van der Waals surface area contributed by atoms with Gasteiger partial charge in [0.2, 0.25) is 10.0 Å². The Morgan fingerprint density at radius 2 is 1.84 bits per heavy atom. The molecule has 0 fully saturated rings. The molecule has 0 aliphatic heterocycles. The summed E-state index contributed by atoms with van der Waals surface area (Å²) < 4.78 is 25.9. The van der Waals surface area contributed by atoms with E-state index in [0.717, 1.165) is 0 Å². The molecular formula is C13H19NO4S. The summed E-state index contributed by atoms with van der Waals surface area (Å²) in [5, 5.41) is 9.14. The molecule has 0 saturated heterocycles. The topological polar surface area (TPSA) is 83.5 Å². The molecule has 0 heterocycles. The minimum atomic E-state index is -3.60. The van der Waals surface area contributed by atoms with Crippen LogP contribution in [0.2, 0.25) is 0 Å². The van der Waals surface area contributed by atoms with E-state index >= 15 is 0 Å². The summed E-state index contributed by atoms with van der Waals surface area (Å²) in [6.45, 7) is 3.84. The summed E-state index contributed by atoms with van der Waals surface area (Å²) in [6, 6.07) is 7.03. The minimum Gasteiger partial charge on any atom is -0.480 e. The summed E-state index contributed by atoms with van der Waals surface area (Å²) in [6.07, 6.45) is 0.496. The summed E-state index contributed by atoms with van der Waals surface area (Å²) in [7, 11) is -3.60. The van der Waals surface area contributed by atoms with Gasteiger partial charge in [0.15, 0.2) is 0 Å². The molecule has 0 amide bonds. The number of aliphatic carboxylic acids is 1. The van der Waals surface area contributed by atoms with E-state index in [1.165, 1.54) is 0 Å². The molecule has 0 spiro atoms. The van der Waals surface area contributed by atoms with Gasteiger partial charge in [-0.3, -0.25) is 4.79 Å². The summed E-state index contributed by atoms with van der Waals surface area (Å²) in [5.74, 6) is -1.03. The maximum absolute atomic E-state index is 11.8. The molecule has 0 saturated carbocycles. The van der Waals surface area contributed by atoms with Gasteiger partial charge in [-0.1, -0.05) is 44.2 Å². The van der Waals surface area contributed by atoms with Gasteiger partial charge >= 0.3 is 5.97 Å². The fourth-order valence-corrected chi connectivity index (χ4v) is 3.03. The first-order valence-corrected chi connectivity index (χ1v) is 7.75. The quantitative estimate of drug-likeness (QED) is 0.800. The second-order valence-corrected chi connectivity index (χ2v) is 6.67. The van der Waals surface area contributed by atoms with Crippen LogP contribution in [0.1, 0.15) is 31.9 Å². The van der Waals surface area contributed by atoms with Crippen LogP contribution in [0.25, 0.3) is 0 Å². The minimum absolute atomic E-state index is 0.0682. The number of carboxylic acids is 1. The summed E-state index contributed by atoms with van der Waals surface area (Å²) >= 11 is 0. The first-order chi connectivity index (χ1) is 8.82. The number of hydrogen-bond acceptors (Lipinski definition) is 3. The zero-order valence-corrected chi connectivity index (χ0v) is 11.9. The highest BCUT2D eigenvalue weighted by molar-refractivity contribution is 7.89. The molecule has 0 unspecified atom stereocenters. The number of carboxylic acid groups (broad SMARTS) is 1. The normalized spacial score (nSPS) is 13.4. The largest absolute Gasteiger partial charge is 0.480 e. The van der Waals surface area contributed by atoms with E-state index in [9.17, 15) is 13.2 Å². The molecule has 1 aromatic carbocycles.